The Morgan fingerprint density at radius 1 is 1.11 bits per heavy atom. The summed E-state index contributed by atoms with van der Waals surface area (Å²) in [4.78, 5) is 2.80. The molecule has 2 aliphatic rings. The summed E-state index contributed by atoms with van der Waals surface area (Å²) in [6.45, 7) is 2.99. The molecule has 0 aliphatic carbocycles. The molecule has 0 atom stereocenters. The Hall–Kier alpha value is -0.780. The van der Waals surface area contributed by atoms with Gasteiger partial charge in [-0.1, -0.05) is 0 Å². The molecule has 1 aromatic carbocycles. The van der Waals surface area contributed by atoms with E-state index in [2.05, 4.69) is 17.5 Å². The maximum atomic E-state index is 13.4. The molecule has 3 nitrogen and oxygen atoms in total. The van der Waals surface area contributed by atoms with Gasteiger partial charge in [0.15, 0.2) is 5.79 Å². The molecule has 0 unspecified atom stereocenters. The van der Waals surface area contributed by atoms with Gasteiger partial charge in [-0.2, -0.15) is 0 Å². The van der Waals surface area contributed by atoms with Crippen molar-refractivity contribution < 1.29 is 13.9 Å². The lowest BCUT2D eigenvalue weighted by Crippen LogP contribution is -2.45. The van der Waals surface area contributed by atoms with Crippen LogP contribution in [0, 0.1) is 5.82 Å². The Bertz CT molecular complexity index is 418. The lowest BCUT2D eigenvalue weighted by atomic mass is 10.0. The number of halogens is 1. The molecular weight excluding hydrogens is 253 g/mol. The van der Waals surface area contributed by atoms with E-state index in [1.165, 1.54) is 6.07 Å². The fourth-order valence-electron chi connectivity index (χ4n) is 2.63. The van der Waals surface area contributed by atoms with Crippen LogP contribution >= 0.6 is 12.6 Å². The Kier molecular flexibility index (Phi) is 3.21. The number of benzene rings is 1. The van der Waals surface area contributed by atoms with Crippen molar-refractivity contribution in [2.45, 2.75) is 23.5 Å². The maximum absolute atomic E-state index is 13.4. The highest BCUT2D eigenvalue weighted by Gasteiger charge is 2.39. The fraction of sp³-hybridized carbons (Fsp3) is 0.538. The molecule has 1 aromatic rings. The van der Waals surface area contributed by atoms with Crippen LogP contribution in [0.15, 0.2) is 23.1 Å². The first-order valence-corrected chi connectivity index (χ1v) is 6.64. The van der Waals surface area contributed by atoms with Gasteiger partial charge < -0.3 is 14.4 Å². The Labute approximate surface area is 111 Å². The van der Waals surface area contributed by atoms with Crippen molar-refractivity contribution >= 4 is 18.3 Å². The van der Waals surface area contributed by atoms with Gasteiger partial charge >= 0.3 is 0 Å². The molecule has 3 rings (SSSR count). The smallest absolute Gasteiger partial charge is 0.171 e. The molecule has 0 bridgehead atoms. The number of anilines is 1. The van der Waals surface area contributed by atoms with Crippen molar-refractivity contribution in [1.82, 2.24) is 0 Å². The third kappa shape index (κ3) is 2.35. The zero-order chi connectivity index (χ0) is 12.6. The zero-order valence-electron chi connectivity index (χ0n) is 10.1. The number of thiol groups is 1. The second-order valence-corrected chi connectivity index (χ2v) is 5.28. The number of hydrogen-bond acceptors (Lipinski definition) is 4. The molecule has 5 heteroatoms. The second-order valence-electron chi connectivity index (χ2n) is 4.76. The SMILES string of the molecule is Fc1cc(S)cc(N2CCC3(CC2)OCCO3)c1. The highest BCUT2D eigenvalue weighted by Crippen LogP contribution is 2.33. The van der Waals surface area contributed by atoms with Gasteiger partial charge in [-0.25, -0.2) is 4.39 Å². The van der Waals surface area contributed by atoms with Gasteiger partial charge in [-0.15, -0.1) is 12.6 Å². The predicted molar refractivity (Wildman–Crippen MR) is 69.7 cm³/mol. The third-order valence-corrected chi connectivity index (χ3v) is 3.83. The third-order valence-electron chi connectivity index (χ3n) is 3.57. The monoisotopic (exact) mass is 269 g/mol. The van der Waals surface area contributed by atoms with Crippen LogP contribution in [0.5, 0.6) is 0 Å². The first kappa shape index (κ1) is 12.3. The minimum absolute atomic E-state index is 0.244. The van der Waals surface area contributed by atoms with Crippen LogP contribution in [0.25, 0.3) is 0 Å². The van der Waals surface area contributed by atoms with Crippen LogP contribution in [0.4, 0.5) is 10.1 Å². The van der Waals surface area contributed by atoms with Crippen molar-refractivity contribution in [3.8, 4) is 0 Å². The van der Waals surface area contributed by atoms with Crippen LogP contribution < -0.4 is 4.90 Å². The highest BCUT2D eigenvalue weighted by molar-refractivity contribution is 7.80. The molecule has 18 heavy (non-hydrogen) atoms. The molecule has 0 N–H and O–H groups in total. The Morgan fingerprint density at radius 2 is 1.78 bits per heavy atom. The first-order valence-electron chi connectivity index (χ1n) is 6.19. The van der Waals surface area contributed by atoms with E-state index in [1.807, 2.05) is 6.07 Å². The van der Waals surface area contributed by atoms with Crippen molar-refractivity contribution in [2.75, 3.05) is 31.2 Å². The zero-order valence-corrected chi connectivity index (χ0v) is 11.0. The summed E-state index contributed by atoms with van der Waals surface area (Å²) in [5.74, 6) is -0.626. The normalized spacial score (nSPS) is 22.7. The van der Waals surface area contributed by atoms with Gasteiger partial charge in [0.25, 0.3) is 0 Å². The number of ether oxygens (including phenoxy) is 2. The second kappa shape index (κ2) is 4.72. The van der Waals surface area contributed by atoms with Gasteiger partial charge in [-0.05, 0) is 18.2 Å². The van der Waals surface area contributed by atoms with Crippen molar-refractivity contribution in [2.24, 2.45) is 0 Å². The van der Waals surface area contributed by atoms with E-state index in [-0.39, 0.29) is 11.6 Å². The molecule has 1 spiro atoms. The summed E-state index contributed by atoms with van der Waals surface area (Å²) in [5.41, 5.74) is 0.882. The maximum Gasteiger partial charge on any atom is 0.171 e. The van der Waals surface area contributed by atoms with E-state index >= 15 is 0 Å². The van der Waals surface area contributed by atoms with Gasteiger partial charge in [0.05, 0.1) is 13.2 Å². The van der Waals surface area contributed by atoms with Crippen LogP contribution in [0.2, 0.25) is 0 Å². The number of rotatable bonds is 1. The number of nitrogens with zero attached hydrogens (tertiary/aromatic N) is 1. The summed E-state index contributed by atoms with van der Waals surface area (Å²) in [6.07, 6.45) is 1.65. The quantitative estimate of drug-likeness (QED) is 0.792. The summed E-state index contributed by atoms with van der Waals surface area (Å²) >= 11 is 4.21. The molecule has 98 valence electrons. The van der Waals surface area contributed by atoms with Crippen molar-refractivity contribution in [1.29, 1.82) is 0 Å². The van der Waals surface area contributed by atoms with E-state index in [1.54, 1.807) is 6.07 Å². The van der Waals surface area contributed by atoms with Gasteiger partial charge in [-0.3, -0.25) is 0 Å². The molecular formula is C13H16FNO2S. The van der Waals surface area contributed by atoms with Crippen molar-refractivity contribution in [3.05, 3.63) is 24.0 Å². The highest BCUT2D eigenvalue weighted by atomic mass is 32.1. The summed E-state index contributed by atoms with van der Waals surface area (Å²) in [5, 5.41) is 0. The van der Waals surface area contributed by atoms with E-state index < -0.39 is 0 Å². The fourth-order valence-corrected chi connectivity index (χ4v) is 2.89. The Balaban J connectivity index is 1.72. The van der Waals surface area contributed by atoms with Gasteiger partial charge in [0.2, 0.25) is 0 Å². The van der Waals surface area contributed by atoms with Crippen LogP contribution in [-0.4, -0.2) is 32.1 Å². The molecule has 0 amide bonds. The molecule has 2 saturated heterocycles. The Morgan fingerprint density at radius 3 is 2.39 bits per heavy atom. The minimum Gasteiger partial charge on any atom is -0.371 e. The van der Waals surface area contributed by atoms with Gasteiger partial charge in [0, 0.05) is 36.5 Å². The lowest BCUT2D eigenvalue weighted by Gasteiger charge is -2.38. The number of piperidine rings is 1. The van der Waals surface area contributed by atoms with E-state index in [9.17, 15) is 4.39 Å². The van der Waals surface area contributed by atoms with Gasteiger partial charge in [0.1, 0.15) is 5.82 Å². The predicted octanol–water partition coefficient (Wildman–Crippen LogP) is 2.46. The molecule has 0 saturated carbocycles. The molecule has 2 fully saturated rings. The average molecular weight is 269 g/mol. The molecule has 0 radical (unpaired) electrons. The average Bonchev–Trinajstić information content (AvgIpc) is 2.77. The summed E-state index contributed by atoms with van der Waals surface area (Å²) in [7, 11) is 0. The van der Waals surface area contributed by atoms with Crippen molar-refractivity contribution in [3.63, 3.8) is 0 Å². The minimum atomic E-state index is -0.381. The number of hydrogen-bond donors (Lipinski definition) is 1. The first-order chi connectivity index (χ1) is 8.67. The van der Waals surface area contributed by atoms with E-state index in [0.29, 0.717) is 18.1 Å². The lowest BCUT2D eigenvalue weighted by molar-refractivity contribution is -0.169. The molecule has 2 aliphatic heterocycles. The standard InChI is InChI=1S/C13H16FNO2S/c14-10-7-11(9-12(18)8-10)15-3-1-13(2-4-15)16-5-6-17-13/h7-9,18H,1-6H2. The molecule has 0 aromatic heterocycles. The largest absolute Gasteiger partial charge is 0.371 e. The van der Waals surface area contributed by atoms with Crippen LogP contribution in [0.3, 0.4) is 0 Å². The summed E-state index contributed by atoms with van der Waals surface area (Å²) in [6, 6.07) is 4.86. The topological polar surface area (TPSA) is 21.7 Å². The van der Waals surface area contributed by atoms with Crippen LogP contribution in [-0.2, 0) is 9.47 Å². The van der Waals surface area contributed by atoms with E-state index in [0.717, 1.165) is 31.6 Å². The van der Waals surface area contributed by atoms with Crippen LogP contribution in [0.1, 0.15) is 12.8 Å². The molecule has 2 heterocycles. The summed E-state index contributed by atoms with van der Waals surface area (Å²) < 4.78 is 24.7. The van der Waals surface area contributed by atoms with E-state index in [4.69, 9.17) is 9.47 Å².